The highest BCUT2D eigenvalue weighted by Gasteiger charge is 2.25. The third-order valence-corrected chi connectivity index (χ3v) is 1.73. The van der Waals surface area contributed by atoms with Crippen LogP contribution >= 0.6 is 0 Å². The number of nitrogens with two attached hydrogens (primary N) is 1. The fourth-order valence-electron chi connectivity index (χ4n) is 1.00. The SMILES string of the molecule is COC(OC)[C@@H](N)CCC(C)(F)F. The number of rotatable bonds is 6. The standard InChI is InChI=1S/C8H17F2NO2/c1-8(9,10)5-4-6(11)7(12-2)13-3/h6-7H,4-5,11H2,1-3H3/t6-/m0/s1. The number of halogens is 2. The van der Waals surface area contributed by atoms with Gasteiger partial charge in [-0.15, -0.1) is 0 Å². The van der Waals surface area contributed by atoms with Gasteiger partial charge in [0.25, 0.3) is 0 Å². The van der Waals surface area contributed by atoms with E-state index in [1.54, 1.807) is 0 Å². The fourth-order valence-corrected chi connectivity index (χ4v) is 1.00. The zero-order valence-corrected chi connectivity index (χ0v) is 8.22. The van der Waals surface area contributed by atoms with Crippen molar-refractivity contribution in [3.63, 3.8) is 0 Å². The van der Waals surface area contributed by atoms with Crippen LogP contribution < -0.4 is 5.73 Å². The Kier molecular flexibility index (Phi) is 5.36. The van der Waals surface area contributed by atoms with Crippen LogP contribution in [0.25, 0.3) is 0 Å². The molecule has 5 heteroatoms. The summed E-state index contributed by atoms with van der Waals surface area (Å²) >= 11 is 0. The second kappa shape index (κ2) is 5.47. The van der Waals surface area contributed by atoms with E-state index in [-0.39, 0.29) is 12.8 Å². The number of alkyl halides is 2. The number of hydrogen-bond acceptors (Lipinski definition) is 3. The Labute approximate surface area is 77.2 Å². The van der Waals surface area contributed by atoms with Gasteiger partial charge < -0.3 is 15.2 Å². The van der Waals surface area contributed by atoms with Gasteiger partial charge in [0, 0.05) is 20.6 Å². The molecule has 0 saturated carbocycles. The molecule has 0 aliphatic carbocycles. The molecule has 80 valence electrons. The van der Waals surface area contributed by atoms with E-state index in [2.05, 4.69) is 0 Å². The van der Waals surface area contributed by atoms with Crippen LogP contribution in [0, 0.1) is 0 Å². The van der Waals surface area contributed by atoms with Gasteiger partial charge in [0.1, 0.15) is 0 Å². The van der Waals surface area contributed by atoms with Crippen LogP contribution in [-0.2, 0) is 9.47 Å². The summed E-state index contributed by atoms with van der Waals surface area (Å²) in [7, 11) is 2.86. The number of ether oxygens (including phenoxy) is 2. The molecule has 0 aliphatic heterocycles. The molecule has 2 N–H and O–H groups in total. The minimum absolute atomic E-state index is 0.176. The highest BCUT2D eigenvalue weighted by atomic mass is 19.3. The second-order valence-corrected chi connectivity index (χ2v) is 3.11. The zero-order valence-electron chi connectivity index (χ0n) is 8.22. The predicted molar refractivity (Wildman–Crippen MR) is 45.6 cm³/mol. The summed E-state index contributed by atoms with van der Waals surface area (Å²) in [4.78, 5) is 0. The molecule has 0 heterocycles. The lowest BCUT2D eigenvalue weighted by Crippen LogP contribution is -2.38. The average Bonchev–Trinajstić information content (AvgIpc) is 2.02. The van der Waals surface area contributed by atoms with Gasteiger partial charge in [-0.3, -0.25) is 0 Å². The Morgan fingerprint density at radius 3 is 2.08 bits per heavy atom. The molecular weight excluding hydrogens is 180 g/mol. The van der Waals surface area contributed by atoms with E-state index in [1.165, 1.54) is 14.2 Å². The second-order valence-electron chi connectivity index (χ2n) is 3.11. The molecule has 13 heavy (non-hydrogen) atoms. The fraction of sp³-hybridized carbons (Fsp3) is 1.00. The molecule has 0 aromatic carbocycles. The van der Waals surface area contributed by atoms with Crippen molar-refractivity contribution in [2.75, 3.05) is 14.2 Å². The molecule has 0 radical (unpaired) electrons. The first-order valence-corrected chi connectivity index (χ1v) is 4.09. The van der Waals surface area contributed by atoms with Crippen LogP contribution in [0.15, 0.2) is 0 Å². The van der Waals surface area contributed by atoms with Crippen LogP contribution in [0.2, 0.25) is 0 Å². The van der Waals surface area contributed by atoms with Crippen molar-refractivity contribution in [3.8, 4) is 0 Å². The monoisotopic (exact) mass is 197 g/mol. The first kappa shape index (κ1) is 12.7. The molecule has 0 bridgehead atoms. The predicted octanol–water partition coefficient (Wildman–Crippen LogP) is 1.37. The van der Waals surface area contributed by atoms with E-state index >= 15 is 0 Å². The molecule has 1 atom stereocenters. The lowest BCUT2D eigenvalue weighted by molar-refractivity contribution is -0.120. The molecule has 0 saturated heterocycles. The third-order valence-electron chi connectivity index (χ3n) is 1.73. The molecule has 0 rings (SSSR count). The molecular formula is C8H17F2NO2. The smallest absolute Gasteiger partial charge is 0.245 e. The summed E-state index contributed by atoms with van der Waals surface area (Å²) in [6.45, 7) is 0.869. The van der Waals surface area contributed by atoms with Crippen molar-refractivity contribution in [1.29, 1.82) is 0 Å². The summed E-state index contributed by atoms with van der Waals surface area (Å²) in [6, 6.07) is -0.513. The highest BCUT2D eigenvalue weighted by molar-refractivity contribution is 4.69. The Hall–Kier alpha value is -0.260. The van der Waals surface area contributed by atoms with E-state index in [0.717, 1.165) is 6.92 Å². The van der Waals surface area contributed by atoms with Crippen molar-refractivity contribution >= 4 is 0 Å². The van der Waals surface area contributed by atoms with Crippen LogP contribution in [-0.4, -0.2) is 32.5 Å². The zero-order chi connectivity index (χ0) is 10.5. The van der Waals surface area contributed by atoms with E-state index in [4.69, 9.17) is 15.2 Å². The Morgan fingerprint density at radius 2 is 1.77 bits per heavy atom. The van der Waals surface area contributed by atoms with Gasteiger partial charge in [0.2, 0.25) is 5.92 Å². The van der Waals surface area contributed by atoms with Gasteiger partial charge in [-0.25, -0.2) is 8.78 Å². The molecule has 0 aliphatic rings. The molecule has 0 fully saturated rings. The van der Waals surface area contributed by atoms with E-state index in [1.807, 2.05) is 0 Å². The van der Waals surface area contributed by atoms with Crippen LogP contribution in [0.5, 0.6) is 0 Å². The quantitative estimate of drug-likeness (QED) is 0.654. The maximum Gasteiger partial charge on any atom is 0.245 e. The topological polar surface area (TPSA) is 44.5 Å². The molecule has 0 unspecified atom stereocenters. The Balaban J connectivity index is 3.78. The Morgan fingerprint density at radius 1 is 1.31 bits per heavy atom. The average molecular weight is 197 g/mol. The van der Waals surface area contributed by atoms with Gasteiger partial charge in [0.15, 0.2) is 6.29 Å². The van der Waals surface area contributed by atoms with Gasteiger partial charge in [-0.2, -0.15) is 0 Å². The summed E-state index contributed by atoms with van der Waals surface area (Å²) in [5, 5.41) is 0. The van der Waals surface area contributed by atoms with E-state index in [9.17, 15) is 8.78 Å². The molecule has 0 aromatic rings. The van der Waals surface area contributed by atoms with Crippen molar-refractivity contribution in [2.45, 2.75) is 38.0 Å². The molecule has 0 aromatic heterocycles. The summed E-state index contributed by atoms with van der Waals surface area (Å²) < 4.78 is 34.5. The van der Waals surface area contributed by atoms with Crippen LogP contribution in [0.4, 0.5) is 8.78 Å². The van der Waals surface area contributed by atoms with Gasteiger partial charge in [-0.05, 0) is 13.3 Å². The normalized spacial score (nSPS) is 15.0. The van der Waals surface area contributed by atoms with E-state index < -0.39 is 18.3 Å². The molecule has 0 amide bonds. The third kappa shape index (κ3) is 5.90. The van der Waals surface area contributed by atoms with Crippen LogP contribution in [0.1, 0.15) is 19.8 Å². The van der Waals surface area contributed by atoms with Gasteiger partial charge >= 0.3 is 0 Å². The molecule has 0 spiro atoms. The van der Waals surface area contributed by atoms with Crippen molar-refractivity contribution in [1.82, 2.24) is 0 Å². The maximum absolute atomic E-state index is 12.4. The van der Waals surface area contributed by atoms with Crippen molar-refractivity contribution < 1.29 is 18.3 Å². The maximum atomic E-state index is 12.4. The number of methoxy groups -OCH3 is 2. The van der Waals surface area contributed by atoms with Crippen LogP contribution in [0.3, 0.4) is 0 Å². The summed E-state index contributed by atoms with van der Waals surface area (Å²) in [5.41, 5.74) is 5.56. The molecule has 3 nitrogen and oxygen atoms in total. The largest absolute Gasteiger partial charge is 0.354 e. The first-order valence-electron chi connectivity index (χ1n) is 4.09. The highest BCUT2D eigenvalue weighted by Crippen LogP contribution is 2.20. The first-order chi connectivity index (χ1) is 5.90. The minimum Gasteiger partial charge on any atom is -0.354 e. The summed E-state index contributed by atoms with van der Waals surface area (Å²) in [6.07, 6.45) is -0.685. The lowest BCUT2D eigenvalue weighted by Gasteiger charge is -2.22. The Bertz CT molecular complexity index is 135. The van der Waals surface area contributed by atoms with E-state index in [0.29, 0.717) is 0 Å². The van der Waals surface area contributed by atoms with Crippen molar-refractivity contribution in [2.24, 2.45) is 5.73 Å². The summed E-state index contributed by atoms with van der Waals surface area (Å²) in [5.74, 6) is -2.68. The van der Waals surface area contributed by atoms with Gasteiger partial charge in [-0.1, -0.05) is 0 Å². The lowest BCUT2D eigenvalue weighted by atomic mass is 10.1. The minimum atomic E-state index is -2.68. The van der Waals surface area contributed by atoms with Crippen molar-refractivity contribution in [3.05, 3.63) is 0 Å². The number of hydrogen-bond donors (Lipinski definition) is 1. The van der Waals surface area contributed by atoms with Gasteiger partial charge in [0.05, 0.1) is 6.04 Å².